The Balaban J connectivity index is 1.76. The predicted octanol–water partition coefficient (Wildman–Crippen LogP) is 8.58. The van der Waals surface area contributed by atoms with Crippen LogP contribution in [-0.2, 0) is 0 Å². The third-order valence-corrected chi connectivity index (χ3v) is 7.81. The Morgan fingerprint density at radius 2 is 1.26 bits per heavy atom. The summed E-state index contributed by atoms with van der Waals surface area (Å²) in [5.74, 6) is 1.06. The van der Waals surface area contributed by atoms with Gasteiger partial charge in [0.05, 0.1) is 0 Å². The lowest BCUT2D eigenvalue weighted by Crippen LogP contribution is -2.34. The molecule has 0 radical (unpaired) electrons. The molecule has 1 unspecified atom stereocenters. The fraction of sp³-hybridized carbons (Fsp3) is 0.471. The maximum absolute atomic E-state index is 15.0. The summed E-state index contributed by atoms with van der Waals surface area (Å²) in [5.41, 5.74) is 8.26. The number of halogens is 1. The minimum absolute atomic E-state index is 0.114. The van der Waals surface area contributed by atoms with E-state index in [1.54, 1.807) is 6.07 Å². The van der Waals surface area contributed by atoms with Crippen molar-refractivity contribution in [1.82, 2.24) is 0 Å². The summed E-state index contributed by atoms with van der Waals surface area (Å²) in [6.45, 7) is 16.0. The predicted molar refractivity (Wildman–Crippen MR) is 165 cm³/mol. The molecule has 0 heterocycles. The Hall–Kier alpha value is -3.01. The van der Waals surface area contributed by atoms with Crippen molar-refractivity contribution in [1.29, 1.82) is 0 Å². The number of hydrogen-bond acceptors (Lipinski definition) is 3. The van der Waals surface area contributed by atoms with Crippen molar-refractivity contribution in [3.05, 3.63) is 88.7 Å². The molecule has 206 valence electrons. The lowest BCUT2D eigenvalue weighted by Gasteiger charge is -2.30. The van der Waals surface area contributed by atoms with Gasteiger partial charge in [0.15, 0.2) is 0 Å². The highest BCUT2D eigenvalue weighted by molar-refractivity contribution is 5.53. The van der Waals surface area contributed by atoms with Crippen molar-refractivity contribution in [2.24, 2.45) is 0 Å². The van der Waals surface area contributed by atoms with E-state index in [2.05, 4.69) is 101 Å². The summed E-state index contributed by atoms with van der Waals surface area (Å²) in [6.07, 6.45) is 0.885. The van der Waals surface area contributed by atoms with Gasteiger partial charge >= 0.3 is 0 Å². The van der Waals surface area contributed by atoms with E-state index in [0.717, 1.165) is 37.3 Å². The molecule has 0 saturated carbocycles. The molecule has 0 aliphatic carbocycles. The van der Waals surface area contributed by atoms with Gasteiger partial charge in [-0.3, -0.25) is 0 Å². The van der Waals surface area contributed by atoms with Crippen LogP contribution in [0.15, 0.2) is 60.7 Å². The van der Waals surface area contributed by atoms with E-state index in [1.807, 2.05) is 31.1 Å². The van der Waals surface area contributed by atoms with Crippen molar-refractivity contribution >= 4 is 17.1 Å². The van der Waals surface area contributed by atoms with E-state index in [1.165, 1.54) is 28.1 Å². The molecule has 0 spiro atoms. The number of anilines is 3. The molecule has 38 heavy (non-hydrogen) atoms. The molecule has 3 nitrogen and oxygen atoms in total. The van der Waals surface area contributed by atoms with Gasteiger partial charge in [0.2, 0.25) is 0 Å². The van der Waals surface area contributed by atoms with Gasteiger partial charge in [-0.15, -0.1) is 0 Å². The fourth-order valence-corrected chi connectivity index (χ4v) is 5.09. The highest BCUT2D eigenvalue weighted by Crippen LogP contribution is 2.29. The van der Waals surface area contributed by atoms with Crippen LogP contribution in [0.4, 0.5) is 21.5 Å². The lowest BCUT2D eigenvalue weighted by atomic mass is 9.95. The van der Waals surface area contributed by atoms with E-state index in [9.17, 15) is 4.39 Å². The summed E-state index contributed by atoms with van der Waals surface area (Å²) in [4.78, 5) is 6.74. The smallest absolute Gasteiger partial charge is 0.128 e. The first-order chi connectivity index (χ1) is 18.0. The highest BCUT2D eigenvalue weighted by Gasteiger charge is 2.16. The number of hydrogen-bond donors (Lipinski definition) is 0. The SMILES string of the molecule is Cc1cc(N(CCC(C)c2ccc(N(C)C)cc2F)CCN(C)c2ccc(C(C)C)cc2)ccc1C(C)C. The highest BCUT2D eigenvalue weighted by atomic mass is 19.1. The quantitative estimate of drug-likeness (QED) is 0.238. The topological polar surface area (TPSA) is 9.72 Å². The minimum Gasteiger partial charge on any atom is -0.378 e. The Morgan fingerprint density at radius 3 is 1.82 bits per heavy atom. The zero-order chi connectivity index (χ0) is 28.0. The molecule has 3 rings (SSSR count). The Labute approximate surface area is 231 Å². The molecule has 4 heteroatoms. The summed E-state index contributed by atoms with van der Waals surface area (Å²) < 4.78 is 15.0. The third-order valence-electron chi connectivity index (χ3n) is 7.81. The van der Waals surface area contributed by atoms with Crippen LogP contribution in [0.2, 0.25) is 0 Å². The fourth-order valence-electron chi connectivity index (χ4n) is 5.09. The monoisotopic (exact) mass is 517 g/mol. The zero-order valence-electron chi connectivity index (χ0n) is 25.1. The molecular formula is C34H48FN3. The van der Waals surface area contributed by atoms with E-state index in [0.29, 0.717) is 11.8 Å². The first kappa shape index (κ1) is 29.5. The molecule has 0 N–H and O–H groups in total. The van der Waals surface area contributed by atoms with E-state index in [4.69, 9.17) is 0 Å². The van der Waals surface area contributed by atoms with E-state index >= 15 is 0 Å². The normalized spacial score (nSPS) is 12.2. The number of rotatable bonds is 12. The molecule has 3 aromatic carbocycles. The Kier molecular flexibility index (Phi) is 10.2. The second-order valence-corrected chi connectivity index (χ2v) is 11.6. The average Bonchev–Trinajstić information content (AvgIpc) is 2.88. The third kappa shape index (κ3) is 7.52. The summed E-state index contributed by atoms with van der Waals surface area (Å²) in [7, 11) is 6.05. The van der Waals surface area contributed by atoms with Gasteiger partial charge in [-0.05, 0) is 89.8 Å². The molecule has 0 fully saturated rings. The lowest BCUT2D eigenvalue weighted by molar-refractivity contribution is 0.569. The van der Waals surface area contributed by atoms with E-state index in [-0.39, 0.29) is 11.7 Å². The van der Waals surface area contributed by atoms with Gasteiger partial charge < -0.3 is 14.7 Å². The van der Waals surface area contributed by atoms with Crippen molar-refractivity contribution in [2.45, 2.75) is 65.7 Å². The molecule has 1 atom stereocenters. The standard InChI is InChI=1S/C34H48FN3/c1-24(2)28-10-12-29(13-11-28)37(9)20-21-38(31-15-16-32(25(3)4)27(6)22-31)19-18-26(5)33-17-14-30(36(7)8)23-34(33)35/h10-17,22-26H,18-21H2,1-9H3. The first-order valence-electron chi connectivity index (χ1n) is 14.1. The van der Waals surface area contributed by atoms with Crippen LogP contribution >= 0.6 is 0 Å². The second kappa shape index (κ2) is 13.2. The van der Waals surface area contributed by atoms with Crippen molar-refractivity contribution in [3.8, 4) is 0 Å². The molecular weight excluding hydrogens is 469 g/mol. The summed E-state index contributed by atoms with van der Waals surface area (Å²) in [5, 5.41) is 0. The van der Waals surface area contributed by atoms with Crippen LogP contribution in [0.1, 0.15) is 81.0 Å². The molecule has 0 aliphatic rings. The van der Waals surface area contributed by atoms with Crippen LogP contribution < -0.4 is 14.7 Å². The van der Waals surface area contributed by atoms with Gasteiger partial charge in [0, 0.05) is 57.8 Å². The average molecular weight is 518 g/mol. The van der Waals surface area contributed by atoms with Crippen LogP contribution in [0.25, 0.3) is 0 Å². The summed E-state index contributed by atoms with van der Waals surface area (Å²) in [6, 6.07) is 21.4. The minimum atomic E-state index is -0.114. The maximum Gasteiger partial charge on any atom is 0.128 e. The van der Waals surface area contributed by atoms with Gasteiger partial charge in [0.25, 0.3) is 0 Å². The molecule has 0 aliphatic heterocycles. The first-order valence-corrected chi connectivity index (χ1v) is 14.1. The zero-order valence-corrected chi connectivity index (χ0v) is 25.1. The number of benzene rings is 3. The molecule has 0 aromatic heterocycles. The van der Waals surface area contributed by atoms with Crippen LogP contribution in [0.3, 0.4) is 0 Å². The summed E-state index contributed by atoms with van der Waals surface area (Å²) >= 11 is 0. The van der Waals surface area contributed by atoms with Gasteiger partial charge in [0.1, 0.15) is 5.82 Å². The molecule has 0 saturated heterocycles. The maximum atomic E-state index is 15.0. The Bertz CT molecular complexity index is 1170. The van der Waals surface area contributed by atoms with Gasteiger partial charge in [-0.25, -0.2) is 4.39 Å². The molecule has 3 aromatic rings. The van der Waals surface area contributed by atoms with E-state index < -0.39 is 0 Å². The molecule has 0 amide bonds. The van der Waals surface area contributed by atoms with Crippen LogP contribution in [0.5, 0.6) is 0 Å². The van der Waals surface area contributed by atoms with Crippen molar-refractivity contribution in [2.75, 3.05) is 55.5 Å². The van der Waals surface area contributed by atoms with Crippen LogP contribution in [0, 0.1) is 12.7 Å². The van der Waals surface area contributed by atoms with Crippen LogP contribution in [-0.4, -0.2) is 40.8 Å². The largest absolute Gasteiger partial charge is 0.378 e. The van der Waals surface area contributed by atoms with Crippen molar-refractivity contribution in [3.63, 3.8) is 0 Å². The number of likely N-dealkylation sites (N-methyl/N-ethyl adjacent to an activating group) is 1. The van der Waals surface area contributed by atoms with Gasteiger partial charge in [-0.1, -0.05) is 58.9 Å². The van der Waals surface area contributed by atoms with Gasteiger partial charge in [-0.2, -0.15) is 0 Å². The molecule has 0 bridgehead atoms. The number of aryl methyl sites for hydroxylation is 1. The Morgan fingerprint density at radius 1 is 0.658 bits per heavy atom. The van der Waals surface area contributed by atoms with Crippen molar-refractivity contribution < 1.29 is 4.39 Å². The second-order valence-electron chi connectivity index (χ2n) is 11.6. The number of nitrogens with zero attached hydrogens (tertiary/aromatic N) is 3.